The number of carbonyl (C=O) groups excluding carboxylic acids is 2. The van der Waals surface area contributed by atoms with Crippen molar-refractivity contribution in [1.29, 1.82) is 0 Å². The van der Waals surface area contributed by atoms with E-state index in [1.54, 1.807) is 0 Å². The number of piperazine rings is 1. The number of hydrogen-bond acceptors (Lipinski definition) is 3. The molecule has 5 heteroatoms. The Hall–Kier alpha value is -2.66. The Balaban J connectivity index is 1.24. The Morgan fingerprint density at radius 1 is 1.03 bits per heavy atom. The zero-order valence-corrected chi connectivity index (χ0v) is 17.1. The maximum atomic E-state index is 12.7. The van der Waals surface area contributed by atoms with Gasteiger partial charge in [0.1, 0.15) is 0 Å². The molecule has 2 aromatic rings. The minimum Gasteiger partial charge on any atom is -0.340 e. The Morgan fingerprint density at radius 2 is 1.76 bits per heavy atom. The van der Waals surface area contributed by atoms with Crippen molar-refractivity contribution in [2.24, 2.45) is 5.92 Å². The molecule has 0 saturated carbocycles. The first-order valence-electron chi connectivity index (χ1n) is 10.5. The zero-order valence-electron chi connectivity index (χ0n) is 17.1. The summed E-state index contributed by atoms with van der Waals surface area (Å²) >= 11 is 0. The van der Waals surface area contributed by atoms with Gasteiger partial charge >= 0.3 is 0 Å². The summed E-state index contributed by atoms with van der Waals surface area (Å²) in [7, 11) is 0. The molecule has 0 spiro atoms. The first-order chi connectivity index (χ1) is 14.1. The Bertz CT molecular complexity index is 887. The maximum Gasteiger partial charge on any atom is 0.227 e. The minimum absolute atomic E-state index is 0.0413. The van der Waals surface area contributed by atoms with Gasteiger partial charge in [-0.3, -0.25) is 14.5 Å². The van der Waals surface area contributed by atoms with Crippen molar-refractivity contribution in [3.8, 4) is 0 Å². The fraction of sp³-hybridized carbons (Fsp3) is 0.417. The number of rotatable bonds is 5. The molecule has 2 aliphatic rings. The van der Waals surface area contributed by atoms with Gasteiger partial charge in [-0.1, -0.05) is 42.5 Å². The van der Waals surface area contributed by atoms with Gasteiger partial charge < -0.3 is 10.2 Å². The highest BCUT2D eigenvalue weighted by Gasteiger charge is 2.28. The molecule has 0 aliphatic carbocycles. The van der Waals surface area contributed by atoms with Gasteiger partial charge in [0.15, 0.2) is 0 Å². The topological polar surface area (TPSA) is 52.6 Å². The first kappa shape index (κ1) is 19.6. The predicted molar refractivity (Wildman–Crippen MR) is 115 cm³/mol. The molecule has 2 heterocycles. The molecule has 152 valence electrons. The second kappa shape index (κ2) is 8.78. The van der Waals surface area contributed by atoms with Crippen LogP contribution >= 0.6 is 0 Å². The van der Waals surface area contributed by atoms with E-state index in [-0.39, 0.29) is 17.7 Å². The van der Waals surface area contributed by atoms with Crippen molar-refractivity contribution in [1.82, 2.24) is 9.80 Å². The van der Waals surface area contributed by atoms with E-state index in [1.165, 1.54) is 11.1 Å². The van der Waals surface area contributed by atoms with Gasteiger partial charge in [0.2, 0.25) is 11.8 Å². The van der Waals surface area contributed by atoms with E-state index in [0.29, 0.717) is 12.8 Å². The van der Waals surface area contributed by atoms with Gasteiger partial charge in [0.05, 0.1) is 0 Å². The second-order valence-electron chi connectivity index (χ2n) is 8.17. The summed E-state index contributed by atoms with van der Waals surface area (Å²) in [5.41, 5.74) is 4.74. The second-order valence-corrected chi connectivity index (χ2v) is 8.17. The number of amides is 2. The molecule has 1 fully saturated rings. The van der Waals surface area contributed by atoms with Gasteiger partial charge in [-0.25, -0.2) is 0 Å². The molecular formula is C24H29N3O2. The lowest BCUT2D eigenvalue weighted by molar-refractivity contribution is -0.133. The van der Waals surface area contributed by atoms with Crippen LogP contribution in [0.1, 0.15) is 29.5 Å². The summed E-state index contributed by atoms with van der Waals surface area (Å²) < 4.78 is 0. The van der Waals surface area contributed by atoms with Crippen molar-refractivity contribution in [3.05, 3.63) is 65.2 Å². The summed E-state index contributed by atoms with van der Waals surface area (Å²) in [5, 5.41) is 2.98. The lowest BCUT2D eigenvalue weighted by Crippen LogP contribution is -2.48. The smallest absolute Gasteiger partial charge is 0.227 e. The summed E-state index contributed by atoms with van der Waals surface area (Å²) in [5.74, 6) is 0.0999. The molecule has 29 heavy (non-hydrogen) atoms. The van der Waals surface area contributed by atoms with Crippen LogP contribution in [-0.2, 0) is 22.6 Å². The number of fused-ring (bicyclic) bond motifs is 1. The van der Waals surface area contributed by atoms with Crippen LogP contribution in [0, 0.1) is 12.8 Å². The van der Waals surface area contributed by atoms with Crippen LogP contribution in [0.3, 0.4) is 0 Å². The molecule has 5 nitrogen and oxygen atoms in total. The van der Waals surface area contributed by atoms with E-state index in [9.17, 15) is 9.59 Å². The van der Waals surface area contributed by atoms with Gasteiger partial charge in [-0.2, -0.15) is 0 Å². The average Bonchev–Trinajstić information content (AvgIpc) is 2.74. The normalized spacial score (nSPS) is 19.6. The van der Waals surface area contributed by atoms with E-state index in [0.717, 1.165) is 50.4 Å². The van der Waals surface area contributed by atoms with Crippen LogP contribution < -0.4 is 5.32 Å². The summed E-state index contributed by atoms with van der Waals surface area (Å²) in [6, 6.07) is 16.4. The highest BCUT2D eigenvalue weighted by atomic mass is 16.2. The number of aryl methyl sites for hydroxylation is 1. The third-order valence-corrected chi connectivity index (χ3v) is 6.20. The molecule has 0 radical (unpaired) electrons. The summed E-state index contributed by atoms with van der Waals surface area (Å²) in [6.07, 6.45) is 1.78. The third kappa shape index (κ3) is 4.67. The third-order valence-electron chi connectivity index (χ3n) is 6.20. The molecule has 2 amide bonds. The van der Waals surface area contributed by atoms with Crippen LogP contribution in [0.5, 0.6) is 0 Å². The molecule has 1 saturated heterocycles. The van der Waals surface area contributed by atoms with E-state index in [2.05, 4.69) is 47.5 Å². The van der Waals surface area contributed by atoms with E-state index in [4.69, 9.17) is 0 Å². The number of para-hydroxylation sites is 1. The molecule has 2 aliphatic heterocycles. The molecule has 2 aromatic carbocycles. The SMILES string of the molecule is Cc1ccccc1CN1CCN(C(=O)CCC2Cc3ccccc3NC2=O)CC1. The molecule has 0 bridgehead atoms. The van der Waals surface area contributed by atoms with Crippen molar-refractivity contribution >= 4 is 17.5 Å². The monoisotopic (exact) mass is 391 g/mol. The molecule has 0 aromatic heterocycles. The Labute approximate surface area is 172 Å². The molecule has 1 unspecified atom stereocenters. The van der Waals surface area contributed by atoms with Crippen molar-refractivity contribution in [3.63, 3.8) is 0 Å². The van der Waals surface area contributed by atoms with E-state index < -0.39 is 0 Å². The standard InChI is InChI=1S/C24H29N3O2/c1-18-6-2-3-8-21(18)17-26-12-14-27(15-13-26)23(28)11-10-20-16-19-7-4-5-9-22(19)25-24(20)29/h2-9,20H,10-17H2,1H3,(H,25,29). The highest BCUT2D eigenvalue weighted by molar-refractivity contribution is 5.96. The summed E-state index contributed by atoms with van der Waals surface area (Å²) in [4.78, 5) is 29.4. The van der Waals surface area contributed by atoms with Crippen LogP contribution in [0.4, 0.5) is 5.69 Å². The Kier molecular flexibility index (Phi) is 5.95. The number of nitrogens with zero attached hydrogens (tertiary/aromatic N) is 2. The maximum absolute atomic E-state index is 12.7. The number of benzene rings is 2. The molecule has 4 rings (SSSR count). The number of anilines is 1. The highest BCUT2D eigenvalue weighted by Crippen LogP contribution is 2.27. The van der Waals surface area contributed by atoms with E-state index >= 15 is 0 Å². The largest absolute Gasteiger partial charge is 0.340 e. The Morgan fingerprint density at radius 3 is 2.55 bits per heavy atom. The van der Waals surface area contributed by atoms with Crippen LogP contribution in [-0.4, -0.2) is 47.8 Å². The van der Waals surface area contributed by atoms with Crippen LogP contribution in [0.2, 0.25) is 0 Å². The van der Waals surface area contributed by atoms with Crippen molar-refractivity contribution in [2.45, 2.75) is 32.7 Å². The average molecular weight is 392 g/mol. The van der Waals surface area contributed by atoms with E-state index in [1.807, 2.05) is 23.1 Å². The molecular weight excluding hydrogens is 362 g/mol. The first-order valence-corrected chi connectivity index (χ1v) is 10.5. The minimum atomic E-state index is -0.115. The summed E-state index contributed by atoms with van der Waals surface area (Å²) in [6.45, 7) is 6.43. The lowest BCUT2D eigenvalue weighted by atomic mass is 9.89. The van der Waals surface area contributed by atoms with Gasteiger partial charge in [-0.05, 0) is 42.5 Å². The fourth-order valence-corrected chi connectivity index (χ4v) is 4.29. The number of hydrogen-bond donors (Lipinski definition) is 1. The van der Waals surface area contributed by atoms with Gasteiger partial charge in [-0.15, -0.1) is 0 Å². The number of nitrogens with one attached hydrogen (secondary N) is 1. The van der Waals surface area contributed by atoms with Crippen LogP contribution in [0.15, 0.2) is 48.5 Å². The predicted octanol–water partition coefficient (Wildman–Crippen LogP) is 3.23. The van der Waals surface area contributed by atoms with Gasteiger partial charge in [0.25, 0.3) is 0 Å². The molecule has 1 atom stereocenters. The lowest BCUT2D eigenvalue weighted by Gasteiger charge is -2.35. The number of carbonyl (C=O) groups is 2. The van der Waals surface area contributed by atoms with Crippen molar-refractivity contribution in [2.75, 3.05) is 31.5 Å². The van der Waals surface area contributed by atoms with Crippen LogP contribution in [0.25, 0.3) is 0 Å². The van der Waals surface area contributed by atoms with Crippen molar-refractivity contribution < 1.29 is 9.59 Å². The quantitative estimate of drug-likeness (QED) is 0.851. The fourth-order valence-electron chi connectivity index (χ4n) is 4.29. The zero-order chi connectivity index (χ0) is 20.2. The molecule has 1 N–H and O–H groups in total. The van der Waals surface area contributed by atoms with Gasteiger partial charge in [0, 0.05) is 50.7 Å².